The van der Waals surface area contributed by atoms with E-state index in [0.717, 1.165) is 11.1 Å². The van der Waals surface area contributed by atoms with Gasteiger partial charge in [-0.15, -0.1) is 0 Å². The van der Waals surface area contributed by atoms with Crippen LogP contribution in [0.5, 0.6) is 0 Å². The van der Waals surface area contributed by atoms with Crippen LogP contribution in [0.15, 0.2) is 54.6 Å². The van der Waals surface area contributed by atoms with E-state index < -0.39 is 6.10 Å². The summed E-state index contributed by atoms with van der Waals surface area (Å²) in [6.45, 7) is 1.96. The number of rotatable bonds is 6. The third-order valence-electron chi connectivity index (χ3n) is 3.28. The number of hydrogen-bond donors (Lipinski definition) is 1. The molecule has 0 aromatic heterocycles. The quantitative estimate of drug-likeness (QED) is 0.501. The van der Waals surface area contributed by atoms with Crippen molar-refractivity contribution in [2.45, 2.75) is 18.3 Å². The van der Waals surface area contributed by atoms with E-state index in [1.54, 1.807) is 12.1 Å². The number of thiol groups is 1. The summed E-state index contributed by atoms with van der Waals surface area (Å²) in [6, 6.07) is 16.6. The summed E-state index contributed by atoms with van der Waals surface area (Å²) in [5.74, 6) is 0.0148. The second kappa shape index (κ2) is 7.09. The molecule has 0 radical (unpaired) electrons. The van der Waals surface area contributed by atoms with Gasteiger partial charge in [-0.3, -0.25) is 9.59 Å². The minimum Gasteiger partial charge on any atom is -0.458 e. The minimum atomic E-state index is -0.477. The normalized spacial score (nSPS) is 13.2. The van der Waals surface area contributed by atoms with Gasteiger partial charge in [0.25, 0.3) is 6.47 Å². The average Bonchev–Trinajstić information content (AvgIpc) is 2.53. The average molecular weight is 300 g/mol. The molecule has 0 N–H and O–H groups in total. The van der Waals surface area contributed by atoms with Crippen LogP contribution in [-0.2, 0) is 9.53 Å². The predicted molar refractivity (Wildman–Crippen MR) is 84.5 cm³/mol. The molecule has 2 aromatic carbocycles. The molecule has 2 aromatic rings. The Bertz CT molecular complexity index is 608. The molecular weight excluding hydrogens is 284 g/mol. The molecule has 2 rings (SSSR count). The summed E-state index contributed by atoms with van der Waals surface area (Å²) in [4.78, 5) is 22.1. The first kappa shape index (κ1) is 15.3. The third-order valence-corrected chi connectivity index (χ3v) is 3.84. The first-order chi connectivity index (χ1) is 10.1. The Balaban J connectivity index is 2.28. The number of ether oxygens (including phenoxy) is 1. The van der Waals surface area contributed by atoms with Gasteiger partial charge in [0, 0.05) is 5.56 Å². The van der Waals surface area contributed by atoms with Crippen LogP contribution < -0.4 is 0 Å². The molecule has 0 bridgehead atoms. The van der Waals surface area contributed by atoms with E-state index in [1.807, 2.05) is 42.5 Å². The van der Waals surface area contributed by atoms with E-state index in [0.29, 0.717) is 12.0 Å². The van der Waals surface area contributed by atoms with E-state index in [9.17, 15) is 9.59 Å². The third kappa shape index (κ3) is 3.73. The summed E-state index contributed by atoms with van der Waals surface area (Å²) in [7, 11) is 0. The highest BCUT2D eigenvalue weighted by Crippen LogP contribution is 2.36. The van der Waals surface area contributed by atoms with Gasteiger partial charge in [-0.1, -0.05) is 54.6 Å². The minimum absolute atomic E-state index is 0.0148. The maximum atomic E-state index is 11.3. The lowest BCUT2D eigenvalue weighted by Crippen LogP contribution is -2.10. The SMILES string of the molecule is CC(=O)c1ccc(C(S)C(OC=O)c2ccccc2)cc1. The van der Waals surface area contributed by atoms with Gasteiger partial charge in [-0.25, -0.2) is 0 Å². The molecule has 2 atom stereocenters. The fraction of sp³-hybridized carbons (Fsp3) is 0.176. The fourth-order valence-corrected chi connectivity index (χ4v) is 2.54. The van der Waals surface area contributed by atoms with E-state index >= 15 is 0 Å². The summed E-state index contributed by atoms with van der Waals surface area (Å²) in [5.41, 5.74) is 2.41. The molecule has 0 aliphatic rings. The molecule has 0 aliphatic heterocycles. The molecule has 0 aliphatic carbocycles. The predicted octanol–water partition coefficient (Wildman–Crippen LogP) is 3.77. The summed E-state index contributed by atoms with van der Waals surface area (Å²) < 4.78 is 5.20. The molecule has 0 heterocycles. The van der Waals surface area contributed by atoms with Gasteiger partial charge in [0.1, 0.15) is 6.10 Å². The van der Waals surface area contributed by atoms with Crippen molar-refractivity contribution in [3.63, 3.8) is 0 Å². The van der Waals surface area contributed by atoms with Crippen LogP contribution in [0.1, 0.15) is 39.8 Å². The van der Waals surface area contributed by atoms with Crippen molar-refractivity contribution in [2.24, 2.45) is 0 Å². The van der Waals surface area contributed by atoms with Crippen LogP contribution in [-0.4, -0.2) is 12.3 Å². The van der Waals surface area contributed by atoms with Crippen molar-refractivity contribution in [2.75, 3.05) is 0 Å². The first-order valence-electron chi connectivity index (χ1n) is 6.56. The van der Waals surface area contributed by atoms with Gasteiger partial charge in [-0.05, 0) is 18.1 Å². The van der Waals surface area contributed by atoms with Gasteiger partial charge in [0.2, 0.25) is 0 Å². The summed E-state index contributed by atoms with van der Waals surface area (Å²) in [6.07, 6.45) is -0.477. The van der Waals surface area contributed by atoms with Crippen LogP contribution >= 0.6 is 12.6 Å². The highest BCUT2D eigenvalue weighted by Gasteiger charge is 2.23. The number of carbonyl (C=O) groups excluding carboxylic acids is 2. The molecule has 0 amide bonds. The smallest absolute Gasteiger partial charge is 0.293 e. The zero-order valence-electron chi connectivity index (χ0n) is 11.6. The second-order valence-electron chi connectivity index (χ2n) is 4.69. The monoisotopic (exact) mass is 300 g/mol. The van der Waals surface area contributed by atoms with E-state index in [2.05, 4.69) is 12.6 Å². The molecule has 0 fully saturated rings. The number of Topliss-reactive ketones (excluding diaryl/α,β-unsaturated/α-hetero) is 1. The Morgan fingerprint density at radius 1 is 1.05 bits per heavy atom. The van der Waals surface area contributed by atoms with Crippen molar-refractivity contribution in [1.29, 1.82) is 0 Å². The van der Waals surface area contributed by atoms with Crippen molar-refractivity contribution < 1.29 is 14.3 Å². The maximum Gasteiger partial charge on any atom is 0.293 e. The van der Waals surface area contributed by atoms with E-state index in [4.69, 9.17) is 4.74 Å². The van der Waals surface area contributed by atoms with Crippen molar-refractivity contribution in [3.8, 4) is 0 Å². The molecule has 0 saturated carbocycles. The molecule has 21 heavy (non-hydrogen) atoms. The van der Waals surface area contributed by atoms with Gasteiger partial charge in [0.15, 0.2) is 5.78 Å². The number of ketones is 1. The molecule has 0 spiro atoms. The Hall–Kier alpha value is -2.07. The number of hydrogen-bond acceptors (Lipinski definition) is 4. The van der Waals surface area contributed by atoms with E-state index in [-0.39, 0.29) is 11.0 Å². The summed E-state index contributed by atoms with van der Waals surface area (Å²) in [5, 5.41) is -0.307. The van der Waals surface area contributed by atoms with Gasteiger partial charge >= 0.3 is 0 Å². The summed E-state index contributed by atoms with van der Waals surface area (Å²) >= 11 is 4.58. The van der Waals surface area contributed by atoms with Crippen molar-refractivity contribution in [1.82, 2.24) is 0 Å². The zero-order chi connectivity index (χ0) is 15.2. The van der Waals surface area contributed by atoms with Gasteiger partial charge < -0.3 is 4.74 Å². The molecule has 4 heteroatoms. The first-order valence-corrected chi connectivity index (χ1v) is 7.08. The van der Waals surface area contributed by atoms with Crippen LogP contribution in [0.2, 0.25) is 0 Å². The topological polar surface area (TPSA) is 43.4 Å². The van der Waals surface area contributed by atoms with Crippen molar-refractivity contribution in [3.05, 3.63) is 71.3 Å². The Kier molecular flexibility index (Phi) is 5.17. The lowest BCUT2D eigenvalue weighted by Gasteiger charge is -2.22. The van der Waals surface area contributed by atoms with Gasteiger partial charge in [0.05, 0.1) is 5.25 Å². The van der Waals surface area contributed by atoms with Crippen molar-refractivity contribution >= 4 is 24.9 Å². The highest BCUT2D eigenvalue weighted by atomic mass is 32.1. The molecule has 0 saturated heterocycles. The molecule has 2 unspecified atom stereocenters. The Morgan fingerprint density at radius 3 is 2.19 bits per heavy atom. The lowest BCUT2D eigenvalue weighted by atomic mass is 9.99. The van der Waals surface area contributed by atoms with E-state index in [1.165, 1.54) is 6.92 Å². The maximum absolute atomic E-state index is 11.3. The van der Waals surface area contributed by atoms with Crippen LogP contribution in [0.25, 0.3) is 0 Å². The zero-order valence-corrected chi connectivity index (χ0v) is 12.5. The van der Waals surface area contributed by atoms with Crippen LogP contribution in [0, 0.1) is 0 Å². The largest absolute Gasteiger partial charge is 0.458 e. The van der Waals surface area contributed by atoms with Crippen LogP contribution in [0.3, 0.4) is 0 Å². The molecule has 3 nitrogen and oxygen atoms in total. The van der Waals surface area contributed by atoms with Gasteiger partial charge in [-0.2, -0.15) is 12.6 Å². The Labute approximate surface area is 129 Å². The van der Waals surface area contributed by atoms with Crippen LogP contribution in [0.4, 0.5) is 0 Å². The number of benzene rings is 2. The molecular formula is C17H16O3S. The molecule has 108 valence electrons. The second-order valence-corrected chi connectivity index (χ2v) is 5.24. The fourth-order valence-electron chi connectivity index (χ4n) is 2.13. The lowest BCUT2D eigenvalue weighted by molar-refractivity contribution is -0.134. The standard InChI is InChI=1S/C17H16O3S/c1-12(19)13-7-9-15(10-8-13)17(21)16(20-11-18)14-5-3-2-4-6-14/h2-11,16-17,21H,1H3. The number of carbonyl (C=O) groups is 2. The Morgan fingerprint density at radius 2 is 1.67 bits per heavy atom. The highest BCUT2D eigenvalue weighted by molar-refractivity contribution is 7.80.